The number of amides is 3. The summed E-state index contributed by atoms with van der Waals surface area (Å²) in [6, 6.07) is 24.5. The number of fused-ring (bicyclic) bond motifs is 2. The van der Waals surface area contributed by atoms with Crippen LogP contribution < -0.4 is 20.0 Å². The second-order valence-corrected chi connectivity index (χ2v) is 12.8. The third-order valence-electron chi connectivity index (χ3n) is 8.08. The maximum Gasteiger partial charge on any atom is 0.308 e. The van der Waals surface area contributed by atoms with Crippen molar-refractivity contribution in [3.63, 3.8) is 0 Å². The lowest BCUT2D eigenvalue weighted by molar-refractivity contribution is -0.122. The van der Waals surface area contributed by atoms with Gasteiger partial charge in [0.05, 0.1) is 16.6 Å². The molecular weight excluding hydrogens is 581 g/mol. The molecule has 2 aliphatic heterocycles. The number of carbonyl (C=O) groups excluding carboxylic acids is 3. The molecule has 0 aliphatic carbocycles. The monoisotopic (exact) mass is 612 g/mol. The normalized spacial score (nSPS) is 19.2. The Bertz CT molecular complexity index is 1730. The van der Waals surface area contributed by atoms with Gasteiger partial charge >= 0.3 is 4.87 Å². The molecule has 10 heteroatoms. The molecule has 3 amide bonds. The molecule has 1 saturated heterocycles. The average molecular weight is 613 g/mol. The highest BCUT2D eigenvalue weighted by molar-refractivity contribution is 8.00. The molecule has 3 unspecified atom stereocenters. The number of thioether (sulfide) groups is 1. The average Bonchev–Trinajstić information content (AvgIpc) is 3.46. The van der Waals surface area contributed by atoms with Crippen LogP contribution >= 0.6 is 23.1 Å². The number of rotatable bonds is 8. The number of imide groups is 1. The summed E-state index contributed by atoms with van der Waals surface area (Å²) in [6.45, 7) is 7.69. The first-order valence-corrected chi connectivity index (χ1v) is 16.0. The summed E-state index contributed by atoms with van der Waals surface area (Å²) >= 11 is 2.28. The smallest absolute Gasteiger partial charge is 0.308 e. The summed E-state index contributed by atoms with van der Waals surface area (Å²) in [5.74, 6) is -2.11. The minimum atomic E-state index is -0.729. The minimum Gasteiger partial charge on any atom is -0.372 e. The fourth-order valence-electron chi connectivity index (χ4n) is 5.91. The second kappa shape index (κ2) is 11.9. The van der Waals surface area contributed by atoms with E-state index in [4.69, 9.17) is 0 Å². The van der Waals surface area contributed by atoms with Gasteiger partial charge < -0.3 is 10.2 Å². The fraction of sp³-hybridized carbons (Fsp3) is 0.273. The van der Waals surface area contributed by atoms with Crippen molar-refractivity contribution in [2.75, 3.05) is 28.2 Å². The van der Waals surface area contributed by atoms with Crippen LogP contribution in [-0.2, 0) is 20.9 Å². The molecule has 0 radical (unpaired) electrons. The topological polar surface area (TPSA) is 91.7 Å². The molecule has 0 saturated carbocycles. The Balaban J connectivity index is 1.40. The zero-order valence-electron chi connectivity index (χ0n) is 24.2. The van der Waals surface area contributed by atoms with Crippen LogP contribution in [-0.4, -0.2) is 40.6 Å². The zero-order valence-corrected chi connectivity index (χ0v) is 25.8. The highest BCUT2D eigenvalue weighted by atomic mass is 32.2. The number of benzene rings is 3. The molecule has 6 rings (SSSR count). The van der Waals surface area contributed by atoms with E-state index in [0.717, 1.165) is 41.2 Å². The molecule has 0 spiro atoms. The molecule has 220 valence electrons. The van der Waals surface area contributed by atoms with Crippen molar-refractivity contribution in [2.24, 2.45) is 5.92 Å². The van der Waals surface area contributed by atoms with Crippen LogP contribution in [0.5, 0.6) is 0 Å². The van der Waals surface area contributed by atoms with E-state index in [0.29, 0.717) is 21.3 Å². The van der Waals surface area contributed by atoms with Crippen LogP contribution in [0.4, 0.5) is 17.1 Å². The highest BCUT2D eigenvalue weighted by Crippen LogP contribution is 2.54. The predicted molar refractivity (Wildman–Crippen MR) is 172 cm³/mol. The number of anilines is 3. The maximum atomic E-state index is 14.0. The molecular formula is C33H32N4O4S2. The third-order valence-corrected chi connectivity index (χ3v) is 10.7. The van der Waals surface area contributed by atoms with E-state index in [1.807, 2.05) is 61.5 Å². The number of nitrogens with zero attached hydrogens (tertiary/aromatic N) is 3. The van der Waals surface area contributed by atoms with Gasteiger partial charge in [-0.1, -0.05) is 71.1 Å². The first kappa shape index (κ1) is 28.9. The highest BCUT2D eigenvalue weighted by Gasteiger charge is 2.56. The van der Waals surface area contributed by atoms with Gasteiger partial charge in [-0.3, -0.25) is 23.7 Å². The Labute approximate surface area is 258 Å². The summed E-state index contributed by atoms with van der Waals surface area (Å²) in [6.07, 6.45) is 0. The van der Waals surface area contributed by atoms with Crippen molar-refractivity contribution in [1.82, 2.24) is 4.57 Å². The van der Waals surface area contributed by atoms with E-state index in [9.17, 15) is 19.2 Å². The Morgan fingerprint density at radius 1 is 0.884 bits per heavy atom. The lowest BCUT2D eigenvalue weighted by atomic mass is 9.83. The summed E-state index contributed by atoms with van der Waals surface area (Å²) in [7, 11) is 0. The van der Waals surface area contributed by atoms with Crippen LogP contribution in [0.2, 0.25) is 0 Å². The van der Waals surface area contributed by atoms with E-state index < -0.39 is 17.1 Å². The van der Waals surface area contributed by atoms with Crippen molar-refractivity contribution in [2.45, 2.75) is 43.5 Å². The number of para-hydroxylation sites is 1. The molecule has 3 heterocycles. The van der Waals surface area contributed by atoms with Crippen LogP contribution in [0.15, 0.2) is 88.7 Å². The molecule has 3 atom stereocenters. The lowest BCUT2D eigenvalue weighted by Crippen LogP contribution is -2.33. The first-order valence-electron chi connectivity index (χ1n) is 14.3. The minimum absolute atomic E-state index is 0.193. The van der Waals surface area contributed by atoms with Gasteiger partial charge in [-0.2, -0.15) is 0 Å². The van der Waals surface area contributed by atoms with E-state index >= 15 is 0 Å². The van der Waals surface area contributed by atoms with Gasteiger partial charge in [0.2, 0.25) is 17.7 Å². The van der Waals surface area contributed by atoms with Gasteiger partial charge in [0.15, 0.2) is 0 Å². The van der Waals surface area contributed by atoms with Crippen molar-refractivity contribution in [3.05, 3.63) is 105 Å². The molecule has 4 aromatic rings. The summed E-state index contributed by atoms with van der Waals surface area (Å²) in [5.41, 5.74) is 4.17. The van der Waals surface area contributed by atoms with E-state index in [2.05, 4.69) is 24.1 Å². The number of aryl methyl sites for hydroxylation is 1. The Morgan fingerprint density at radius 2 is 1.56 bits per heavy atom. The molecule has 3 aromatic carbocycles. The third kappa shape index (κ3) is 5.29. The molecule has 1 aromatic heterocycles. The predicted octanol–water partition coefficient (Wildman–Crippen LogP) is 5.50. The quantitative estimate of drug-likeness (QED) is 0.264. The Kier molecular flexibility index (Phi) is 7.98. The molecule has 1 fully saturated rings. The number of hydrogen-bond donors (Lipinski definition) is 1. The largest absolute Gasteiger partial charge is 0.372 e. The fourth-order valence-corrected chi connectivity index (χ4v) is 8.68. The lowest BCUT2D eigenvalue weighted by Gasteiger charge is -2.31. The maximum absolute atomic E-state index is 14.0. The summed E-state index contributed by atoms with van der Waals surface area (Å²) in [4.78, 5) is 58.4. The van der Waals surface area contributed by atoms with Gasteiger partial charge in [0, 0.05) is 35.3 Å². The van der Waals surface area contributed by atoms with Gasteiger partial charge in [-0.15, -0.1) is 0 Å². The van der Waals surface area contributed by atoms with Gasteiger partial charge in [0.25, 0.3) is 0 Å². The first-order chi connectivity index (χ1) is 20.8. The molecule has 43 heavy (non-hydrogen) atoms. The van der Waals surface area contributed by atoms with Crippen molar-refractivity contribution >= 4 is 57.9 Å². The van der Waals surface area contributed by atoms with Gasteiger partial charge in [-0.05, 0) is 62.7 Å². The number of nitrogens with one attached hydrogen (secondary N) is 1. The number of hydrogen-bond acceptors (Lipinski definition) is 7. The van der Waals surface area contributed by atoms with E-state index in [1.54, 1.807) is 24.3 Å². The summed E-state index contributed by atoms with van der Waals surface area (Å²) in [5, 5.41) is 2.71. The molecule has 0 bridgehead atoms. The SMILES string of the molecule is CCN(CC)c1ccc(C2c3sc(=O)n(CC(=O)Nc4ccc(C)cc4)c3SC3C(=O)N(c4ccccc4)C(=O)C32)cc1. The van der Waals surface area contributed by atoms with E-state index in [-0.39, 0.29) is 29.1 Å². The molecule has 1 N–H and O–H groups in total. The van der Waals surface area contributed by atoms with Crippen molar-refractivity contribution < 1.29 is 14.4 Å². The van der Waals surface area contributed by atoms with Crippen LogP contribution in [0, 0.1) is 12.8 Å². The van der Waals surface area contributed by atoms with Gasteiger partial charge in [-0.25, -0.2) is 4.90 Å². The van der Waals surface area contributed by atoms with Crippen LogP contribution in [0.3, 0.4) is 0 Å². The second-order valence-electron chi connectivity index (χ2n) is 10.7. The van der Waals surface area contributed by atoms with Crippen LogP contribution in [0.25, 0.3) is 0 Å². The molecule has 8 nitrogen and oxygen atoms in total. The zero-order chi connectivity index (χ0) is 30.2. The van der Waals surface area contributed by atoms with Crippen LogP contribution in [0.1, 0.15) is 35.8 Å². The Morgan fingerprint density at radius 3 is 2.21 bits per heavy atom. The number of aromatic nitrogens is 1. The van der Waals surface area contributed by atoms with Crippen molar-refractivity contribution in [1.29, 1.82) is 0 Å². The van der Waals surface area contributed by atoms with Crippen molar-refractivity contribution in [3.8, 4) is 0 Å². The summed E-state index contributed by atoms with van der Waals surface area (Å²) < 4.78 is 1.45. The number of carbonyl (C=O) groups is 3. The number of thiazole rings is 1. The Hall–Kier alpha value is -4.15. The van der Waals surface area contributed by atoms with Gasteiger partial charge in [0.1, 0.15) is 11.8 Å². The standard InChI is InChI=1S/C33H32N4O4S2/c1-4-35(5-2)23-17-13-21(14-18-23)26-27-28(31(40)37(30(27)39)24-9-7-6-8-10-24)42-32-29(26)43-33(41)36(32)19-25(38)34-22-15-11-20(3)12-16-22/h6-18,26-28H,4-5,19H2,1-3H3,(H,34,38). The van der Waals surface area contributed by atoms with E-state index in [1.165, 1.54) is 21.2 Å². The molecule has 2 aliphatic rings.